The van der Waals surface area contributed by atoms with Gasteiger partial charge in [-0.15, -0.1) is 0 Å². The number of benzene rings is 1. The maximum Gasteiger partial charge on any atom is 0.251 e. The minimum Gasteiger partial charge on any atom is -0.351 e. The van der Waals surface area contributed by atoms with E-state index in [1.807, 2.05) is 12.1 Å². The molecule has 1 rings (SSSR count). The summed E-state index contributed by atoms with van der Waals surface area (Å²) in [6.07, 6.45) is 0. The molecule has 35 heavy (non-hydrogen) atoms. The molecule has 6 heteroatoms. The average molecular weight is 494 g/mol. The molecule has 0 aromatic heterocycles. The lowest BCUT2D eigenvalue weighted by Gasteiger charge is -2.26. The van der Waals surface area contributed by atoms with Crippen LogP contribution in [0.4, 0.5) is 0 Å². The number of carbonyl (C=O) groups is 1. The molecule has 0 aliphatic carbocycles. The van der Waals surface area contributed by atoms with Gasteiger partial charge in [0.2, 0.25) is 0 Å². The Hall–Kier alpha value is -1.47. The zero-order valence-electron chi connectivity index (χ0n) is 22.8. The normalized spacial score (nSPS) is 12.2. The topological polar surface area (TPSA) is 68.4 Å². The van der Waals surface area contributed by atoms with Crippen molar-refractivity contribution in [3.8, 4) is 0 Å². The predicted molar refractivity (Wildman–Crippen MR) is 156 cm³/mol. The summed E-state index contributed by atoms with van der Waals surface area (Å²) in [6.45, 7) is 26.8. The van der Waals surface area contributed by atoms with Crippen LogP contribution in [0, 0.1) is 0 Å². The molecule has 206 valence electrons. The van der Waals surface area contributed by atoms with Crippen molar-refractivity contribution in [1.82, 2.24) is 26.2 Å². The van der Waals surface area contributed by atoms with Crippen LogP contribution in [0.1, 0.15) is 93.1 Å². The highest BCUT2D eigenvalue weighted by Crippen LogP contribution is 2.22. The first-order chi connectivity index (χ1) is 15.2. The zero-order chi connectivity index (χ0) is 25.1. The molecule has 0 fully saturated rings. The molecule has 0 bridgehead atoms. The van der Waals surface area contributed by atoms with Crippen LogP contribution >= 0.6 is 0 Å². The molecule has 4 N–H and O–H groups in total. The number of carbonyl (C=O) groups excluding carboxylic acids is 1. The summed E-state index contributed by atoms with van der Waals surface area (Å²) in [5.74, 6) is -0.00500. The van der Waals surface area contributed by atoms with Crippen LogP contribution in [0.3, 0.4) is 0 Å². The molecule has 0 aliphatic heterocycles. The lowest BCUT2D eigenvalue weighted by molar-refractivity contribution is 0.0948. The lowest BCUT2D eigenvalue weighted by Crippen LogP contribution is -2.45. The molecule has 0 radical (unpaired) electrons. The molecule has 1 aromatic carbocycles. The van der Waals surface area contributed by atoms with Gasteiger partial charge in [0.05, 0.1) is 0 Å². The molecule has 1 aromatic rings. The smallest absolute Gasteiger partial charge is 0.251 e. The van der Waals surface area contributed by atoms with E-state index in [1.54, 1.807) is 0 Å². The van der Waals surface area contributed by atoms with Crippen LogP contribution in [0.2, 0.25) is 0 Å². The van der Waals surface area contributed by atoms with Crippen LogP contribution in [0.15, 0.2) is 24.3 Å². The first-order valence-corrected chi connectivity index (χ1v) is 12.5. The van der Waals surface area contributed by atoms with Gasteiger partial charge >= 0.3 is 0 Å². The summed E-state index contributed by atoms with van der Waals surface area (Å²) in [4.78, 5) is 15.0. The van der Waals surface area contributed by atoms with E-state index in [4.69, 9.17) is 0 Å². The van der Waals surface area contributed by atoms with Crippen molar-refractivity contribution in [1.29, 1.82) is 0 Å². The molecule has 0 heterocycles. The molecule has 0 unspecified atom stereocenters. The van der Waals surface area contributed by atoms with E-state index in [0.29, 0.717) is 6.54 Å². The summed E-state index contributed by atoms with van der Waals surface area (Å²) in [5, 5.41) is 13.7. The Labute approximate surface area is 218 Å². The van der Waals surface area contributed by atoms with Crippen LogP contribution in [-0.4, -0.2) is 74.2 Å². The second kappa shape index (κ2) is 16.3. The third-order valence-electron chi connectivity index (χ3n) is 5.37. The van der Waals surface area contributed by atoms with Gasteiger partial charge in [-0.1, -0.05) is 47.8 Å². The van der Waals surface area contributed by atoms with Crippen molar-refractivity contribution in [3.05, 3.63) is 35.4 Å². The number of amides is 1. The van der Waals surface area contributed by atoms with Crippen molar-refractivity contribution < 1.29 is 4.79 Å². The minimum atomic E-state index is -0.00500. The van der Waals surface area contributed by atoms with E-state index < -0.39 is 0 Å². The summed E-state index contributed by atoms with van der Waals surface area (Å²) < 4.78 is 0. The summed E-state index contributed by atoms with van der Waals surface area (Å²) >= 11 is 0. The Bertz CT molecular complexity index is 681. The maximum absolute atomic E-state index is 12.6. The molecule has 0 saturated carbocycles. The molecule has 1 amide bonds. The predicted octanol–water partition coefficient (Wildman–Crippen LogP) is 4.65. The van der Waals surface area contributed by atoms with Crippen LogP contribution in [-0.2, 0) is 5.41 Å². The van der Waals surface area contributed by atoms with Crippen LogP contribution in [0.5, 0.6) is 0 Å². The summed E-state index contributed by atoms with van der Waals surface area (Å²) in [5.41, 5.74) is 2.31. The molecular weight excluding hydrogens is 434 g/mol. The molecular formula is C29H59N5O. The summed E-state index contributed by atoms with van der Waals surface area (Å²) in [7, 11) is 0. The van der Waals surface area contributed by atoms with Crippen molar-refractivity contribution in [3.63, 3.8) is 0 Å². The monoisotopic (exact) mass is 493 g/mol. The van der Waals surface area contributed by atoms with Gasteiger partial charge in [0, 0.05) is 69.0 Å². The SMILES string of the molecule is C.C.CC(C)(C)NCCNCCN(CCNC(=O)c1ccc(C(C)(C)C)cc1)CCNC(C)(C)C. The Kier molecular flexibility index (Phi) is 16.6. The quantitative estimate of drug-likeness (QED) is 0.301. The number of rotatable bonds is 13. The van der Waals surface area contributed by atoms with Gasteiger partial charge < -0.3 is 21.3 Å². The Morgan fingerprint density at radius 3 is 1.69 bits per heavy atom. The number of hydrogen-bond acceptors (Lipinski definition) is 5. The molecule has 0 aliphatic rings. The Morgan fingerprint density at radius 1 is 0.686 bits per heavy atom. The number of nitrogens with zero attached hydrogens (tertiary/aromatic N) is 1. The third kappa shape index (κ3) is 17.6. The van der Waals surface area contributed by atoms with Gasteiger partial charge in [-0.25, -0.2) is 0 Å². The van der Waals surface area contributed by atoms with E-state index in [1.165, 1.54) is 5.56 Å². The van der Waals surface area contributed by atoms with Gasteiger partial charge in [-0.05, 0) is 64.7 Å². The van der Waals surface area contributed by atoms with Gasteiger partial charge in [0.25, 0.3) is 5.91 Å². The number of nitrogens with one attached hydrogen (secondary N) is 4. The van der Waals surface area contributed by atoms with Crippen LogP contribution < -0.4 is 21.3 Å². The van der Waals surface area contributed by atoms with E-state index in [9.17, 15) is 4.79 Å². The second-order valence-electron chi connectivity index (χ2n) is 12.0. The first-order valence-electron chi connectivity index (χ1n) is 12.5. The van der Waals surface area contributed by atoms with Gasteiger partial charge in [-0.3, -0.25) is 9.69 Å². The van der Waals surface area contributed by atoms with E-state index in [2.05, 4.69) is 101 Å². The van der Waals surface area contributed by atoms with Gasteiger partial charge in [-0.2, -0.15) is 0 Å². The summed E-state index contributed by atoms with van der Waals surface area (Å²) in [6, 6.07) is 7.96. The Morgan fingerprint density at radius 2 is 1.17 bits per heavy atom. The third-order valence-corrected chi connectivity index (χ3v) is 5.37. The van der Waals surface area contributed by atoms with Gasteiger partial charge in [0.1, 0.15) is 0 Å². The molecule has 0 atom stereocenters. The number of hydrogen-bond donors (Lipinski definition) is 4. The van der Waals surface area contributed by atoms with Crippen molar-refractivity contribution >= 4 is 5.91 Å². The highest BCUT2D eigenvalue weighted by Gasteiger charge is 2.15. The zero-order valence-corrected chi connectivity index (χ0v) is 22.8. The van der Waals surface area contributed by atoms with E-state index >= 15 is 0 Å². The fraction of sp³-hybridized carbons (Fsp3) is 0.759. The van der Waals surface area contributed by atoms with Gasteiger partial charge in [0.15, 0.2) is 0 Å². The molecule has 0 spiro atoms. The van der Waals surface area contributed by atoms with E-state index in [-0.39, 0.29) is 37.3 Å². The largest absolute Gasteiger partial charge is 0.351 e. The second-order valence-corrected chi connectivity index (χ2v) is 12.0. The Balaban J connectivity index is 0. The lowest BCUT2D eigenvalue weighted by atomic mass is 9.87. The van der Waals surface area contributed by atoms with E-state index in [0.717, 1.165) is 51.4 Å². The van der Waals surface area contributed by atoms with Crippen molar-refractivity contribution in [2.75, 3.05) is 52.4 Å². The maximum atomic E-state index is 12.6. The van der Waals surface area contributed by atoms with Crippen molar-refractivity contribution in [2.24, 2.45) is 0 Å². The highest BCUT2D eigenvalue weighted by molar-refractivity contribution is 5.94. The van der Waals surface area contributed by atoms with Crippen molar-refractivity contribution in [2.45, 2.75) is 93.7 Å². The first kappa shape index (κ1) is 35.7. The van der Waals surface area contributed by atoms with Crippen LogP contribution in [0.25, 0.3) is 0 Å². The fourth-order valence-electron chi connectivity index (χ4n) is 3.36. The average Bonchev–Trinajstić information content (AvgIpc) is 2.67. The molecule has 0 saturated heterocycles. The molecule has 6 nitrogen and oxygen atoms in total. The minimum absolute atomic E-state index is 0. The fourth-order valence-corrected chi connectivity index (χ4v) is 3.36. The standard InChI is InChI=1S/C27H51N5O.2CH4/c1-25(2,3)23-12-10-22(11-13-23)24(33)29-17-20-32(21-18-31-27(7,8)9)19-16-28-14-15-30-26(4,5)6;;/h10-13,28,30-31H,14-21H2,1-9H3,(H,29,33);2*1H4. The highest BCUT2D eigenvalue weighted by atomic mass is 16.1.